The number of hydrogen-bond acceptors (Lipinski definition) is 5. The van der Waals surface area contributed by atoms with Gasteiger partial charge in [0, 0.05) is 25.1 Å². The summed E-state index contributed by atoms with van der Waals surface area (Å²) < 4.78 is 5.69. The zero-order chi connectivity index (χ0) is 16.7. The Kier molecular flexibility index (Phi) is 3.93. The highest BCUT2D eigenvalue weighted by atomic mass is 16.5. The third kappa shape index (κ3) is 2.66. The van der Waals surface area contributed by atoms with Crippen LogP contribution in [0.1, 0.15) is 31.9 Å². The summed E-state index contributed by atoms with van der Waals surface area (Å²) in [6.07, 6.45) is 2.88. The lowest BCUT2D eigenvalue weighted by molar-refractivity contribution is -0.108. The topological polar surface area (TPSA) is 58.5 Å². The van der Waals surface area contributed by atoms with Crippen LogP contribution in [-0.2, 0) is 4.74 Å². The number of rotatable bonds is 2. The summed E-state index contributed by atoms with van der Waals surface area (Å²) >= 11 is 0. The quantitative estimate of drug-likeness (QED) is 0.919. The molecule has 1 N–H and O–H groups in total. The number of nitrogens with zero attached hydrogens (tertiary/aromatic N) is 3. The van der Waals surface area contributed by atoms with Gasteiger partial charge in [-0.05, 0) is 45.2 Å². The fraction of sp³-hybridized carbons (Fsp3) is 0.579. The fourth-order valence-electron chi connectivity index (χ4n) is 4.20. The third-order valence-corrected chi connectivity index (χ3v) is 5.60. The molecule has 0 bridgehead atoms. The van der Waals surface area contributed by atoms with Crippen LogP contribution in [0.3, 0.4) is 0 Å². The zero-order valence-corrected chi connectivity index (χ0v) is 14.4. The standard InChI is InChI=1S/C19H25N3O2/c1-13-18(21-16-7-4-3-6-15(16)20-13)22-10-5-8-17(22)14-12-24-11-9-19(14,2)23/h3-4,6-7,14,17,23H,5,8-12H2,1-2H3. The molecule has 24 heavy (non-hydrogen) atoms. The molecule has 0 amide bonds. The lowest BCUT2D eigenvalue weighted by Crippen LogP contribution is -2.52. The van der Waals surface area contributed by atoms with Crippen molar-refractivity contribution in [3.63, 3.8) is 0 Å². The second-order valence-corrected chi connectivity index (χ2v) is 7.31. The molecule has 2 aromatic rings. The number of ether oxygens (including phenoxy) is 1. The number of anilines is 1. The van der Waals surface area contributed by atoms with E-state index in [2.05, 4.69) is 4.90 Å². The van der Waals surface area contributed by atoms with Gasteiger partial charge in [0.2, 0.25) is 0 Å². The summed E-state index contributed by atoms with van der Waals surface area (Å²) in [5.74, 6) is 1.07. The fourth-order valence-corrected chi connectivity index (χ4v) is 4.20. The molecule has 5 nitrogen and oxygen atoms in total. The normalized spacial score (nSPS) is 30.9. The molecule has 1 aromatic heterocycles. The molecule has 1 aromatic carbocycles. The molecule has 3 unspecified atom stereocenters. The molecular formula is C19H25N3O2. The number of aliphatic hydroxyl groups is 1. The molecule has 0 spiro atoms. The van der Waals surface area contributed by atoms with E-state index in [0.717, 1.165) is 41.9 Å². The maximum Gasteiger partial charge on any atom is 0.151 e. The number of aryl methyl sites for hydroxylation is 1. The number of hydrogen-bond donors (Lipinski definition) is 1. The Hall–Kier alpha value is -1.72. The van der Waals surface area contributed by atoms with E-state index in [1.165, 1.54) is 0 Å². The summed E-state index contributed by atoms with van der Waals surface area (Å²) in [6.45, 7) is 6.21. The largest absolute Gasteiger partial charge is 0.390 e. The molecule has 2 aliphatic rings. The minimum atomic E-state index is -0.677. The van der Waals surface area contributed by atoms with Crippen LogP contribution >= 0.6 is 0 Å². The summed E-state index contributed by atoms with van der Waals surface area (Å²) in [6, 6.07) is 8.26. The number of benzene rings is 1. The van der Waals surface area contributed by atoms with E-state index in [-0.39, 0.29) is 12.0 Å². The number of fused-ring (bicyclic) bond motifs is 1. The smallest absolute Gasteiger partial charge is 0.151 e. The van der Waals surface area contributed by atoms with E-state index in [1.54, 1.807) is 0 Å². The van der Waals surface area contributed by atoms with E-state index >= 15 is 0 Å². The molecule has 2 fully saturated rings. The molecule has 0 radical (unpaired) electrons. The van der Waals surface area contributed by atoms with Gasteiger partial charge in [-0.15, -0.1) is 0 Å². The summed E-state index contributed by atoms with van der Waals surface area (Å²) in [5.41, 5.74) is 2.14. The van der Waals surface area contributed by atoms with Crippen LogP contribution in [0.15, 0.2) is 24.3 Å². The van der Waals surface area contributed by atoms with Crippen molar-refractivity contribution in [1.29, 1.82) is 0 Å². The van der Waals surface area contributed by atoms with Crippen molar-refractivity contribution in [1.82, 2.24) is 9.97 Å². The van der Waals surface area contributed by atoms with E-state index in [9.17, 15) is 5.11 Å². The molecule has 2 saturated heterocycles. The van der Waals surface area contributed by atoms with Gasteiger partial charge in [-0.2, -0.15) is 0 Å². The lowest BCUT2D eigenvalue weighted by Gasteiger charge is -2.43. The summed E-state index contributed by atoms with van der Waals surface area (Å²) in [4.78, 5) is 12.0. The Labute approximate surface area is 142 Å². The third-order valence-electron chi connectivity index (χ3n) is 5.60. The maximum atomic E-state index is 10.9. The van der Waals surface area contributed by atoms with Crippen LogP contribution in [0.2, 0.25) is 0 Å². The van der Waals surface area contributed by atoms with Gasteiger partial charge in [0.1, 0.15) is 0 Å². The second-order valence-electron chi connectivity index (χ2n) is 7.31. The first-order chi connectivity index (χ1) is 11.6. The lowest BCUT2D eigenvalue weighted by atomic mass is 9.79. The molecule has 0 saturated carbocycles. The van der Waals surface area contributed by atoms with Gasteiger partial charge in [-0.3, -0.25) is 0 Å². The minimum Gasteiger partial charge on any atom is -0.390 e. The molecule has 5 heteroatoms. The molecule has 3 atom stereocenters. The second kappa shape index (κ2) is 5.97. The van der Waals surface area contributed by atoms with E-state index < -0.39 is 5.60 Å². The average molecular weight is 327 g/mol. The van der Waals surface area contributed by atoms with Crippen molar-refractivity contribution in [3.8, 4) is 0 Å². The van der Waals surface area contributed by atoms with Gasteiger partial charge in [-0.25, -0.2) is 9.97 Å². The van der Waals surface area contributed by atoms with Gasteiger partial charge in [0.15, 0.2) is 5.82 Å². The predicted octanol–water partition coefficient (Wildman–Crippen LogP) is 2.69. The number of para-hydroxylation sites is 2. The first kappa shape index (κ1) is 15.8. The predicted molar refractivity (Wildman–Crippen MR) is 94.2 cm³/mol. The highest BCUT2D eigenvalue weighted by molar-refractivity contribution is 5.76. The van der Waals surface area contributed by atoms with Gasteiger partial charge in [0.05, 0.1) is 28.9 Å². The molecule has 2 aliphatic heterocycles. The Morgan fingerprint density at radius 3 is 2.75 bits per heavy atom. The first-order valence-electron chi connectivity index (χ1n) is 8.86. The van der Waals surface area contributed by atoms with Gasteiger partial charge in [-0.1, -0.05) is 12.1 Å². The molecule has 3 heterocycles. The monoisotopic (exact) mass is 327 g/mol. The number of aromatic nitrogens is 2. The van der Waals surface area contributed by atoms with Crippen LogP contribution in [-0.4, -0.2) is 46.5 Å². The van der Waals surface area contributed by atoms with Crippen LogP contribution < -0.4 is 4.90 Å². The van der Waals surface area contributed by atoms with Gasteiger partial charge in [0.25, 0.3) is 0 Å². The van der Waals surface area contributed by atoms with Crippen molar-refractivity contribution in [3.05, 3.63) is 30.0 Å². The Morgan fingerprint density at radius 1 is 1.25 bits per heavy atom. The van der Waals surface area contributed by atoms with E-state index in [1.807, 2.05) is 38.1 Å². The molecule has 0 aliphatic carbocycles. The molecule has 4 rings (SSSR count). The average Bonchev–Trinajstić information content (AvgIpc) is 3.02. The summed E-state index contributed by atoms with van der Waals surface area (Å²) in [5, 5.41) is 10.9. The van der Waals surface area contributed by atoms with Crippen molar-refractivity contribution in [2.75, 3.05) is 24.7 Å². The van der Waals surface area contributed by atoms with Gasteiger partial charge >= 0.3 is 0 Å². The Bertz CT molecular complexity index is 746. The molecule has 128 valence electrons. The van der Waals surface area contributed by atoms with Crippen LogP contribution in [0.25, 0.3) is 11.0 Å². The summed E-state index contributed by atoms with van der Waals surface area (Å²) in [7, 11) is 0. The highest BCUT2D eigenvalue weighted by Crippen LogP contribution is 2.38. The van der Waals surface area contributed by atoms with Crippen molar-refractivity contribution < 1.29 is 9.84 Å². The van der Waals surface area contributed by atoms with E-state index in [0.29, 0.717) is 19.6 Å². The zero-order valence-electron chi connectivity index (χ0n) is 14.4. The SMILES string of the molecule is Cc1nc2ccccc2nc1N1CCCC1C1COCCC1(C)O. The van der Waals surface area contributed by atoms with Crippen molar-refractivity contribution in [2.24, 2.45) is 5.92 Å². The highest BCUT2D eigenvalue weighted by Gasteiger charge is 2.44. The minimum absolute atomic E-state index is 0.112. The van der Waals surface area contributed by atoms with Crippen LogP contribution in [0.5, 0.6) is 0 Å². The Morgan fingerprint density at radius 2 is 2.00 bits per heavy atom. The van der Waals surface area contributed by atoms with Crippen molar-refractivity contribution in [2.45, 2.75) is 44.8 Å². The van der Waals surface area contributed by atoms with Crippen LogP contribution in [0.4, 0.5) is 5.82 Å². The first-order valence-corrected chi connectivity index (χ1v) is 8.86. The van der Waals surface area contributed by atoms with Crippen molar-refractivity contribution >= 4 is 16.9 Å². The maximum absolute atomic E-state index is 10.9. The Balaban J connectivity index is 1.71. The van der Waals surface area contributed by atoms with E-state index in [4.69, 9.17) is 14.7 Å². The van der Waals surface area contributed by atoms with Crippen LogP contribution in [0, 0.1) is 12.8 Å². The molecular weight excluding hydrogens is 302 g/mol. The van der Waals surface area contributed by atoms with Gasteiger partial charge < -0.3 is 14.7 Å².